The number of anilines is 1. The average molecular weight is 370 g/mol. The predicted octanol–water partition coefficient (Wildman–Crippen LogP) is 4.51. The van der Waals surface area contributed by atoms with E-state index >= 15 is 0 Å². The fourth-order valence-electron chi connectivity index (χ4n) is 1.80. The van der Waals surface area contributed by atoms with E-state index in [0.717, 1.165) is 4.90 Å². The van der Waals surface area contributed by atoms with Gasteiger partial charge < -0.3 is 10.1 Å². The van der Waals surface area contributed by atoms with E-state index < -0.39 is 5.97 Å². The summed E-state index contributed by atoms with van der Waals surface area (Å²) in [7, 11) is 1.27. The van der Waals surface area contributed by atoms with Crippen molar-refractivity contribution in [2.45, 2.75) is 4.90 Å². The predicted molar refractivity (Wildman–Crippen MR) is 93.6 cm³/mol. The first-order valence-corrected chi connectivity index (χ1v) is 8.30. The van der Waals surface area contributed by atoms with Crippen molar-refractivity contribution < 1.29 is 14.3 Å². The summed E-state index contributed by atoms with van der Waals surface area (Å²) >= 11 is 13.3. The summed E-state index contributed by atoms with van der Waals surface area (Å²) in [6.07, 6.45) is 0. The molecule has 0 radical (unpaired) electrons. The molecule has 4 nitrogen and oxygen atoms in total. The van der Waals surface area contributed by atoms with Crippen LogP contribution >= 0.6 is 35.0 Å². The molecule has 2 aromatic rings. The Kier molecular flexibility index (Phi) is 6.33. The highest BCUT2D eigenvalue weighted by Gasteiger charge is 2.15. The SMILES string of the molecule is COC(=O)c1ccc(Cl)cc1NC(=O)CSc1ccccc1Cl. The van der Waals surface area contributed by atoms with E-state index in [-0.39, 0.29) is 17.2 Å². The minimum atomic E-state index is -0.546. The molecule has 1 amide bonds. The van der Waals surface area contributed by atoms with E-state index in [1.807, 2.05) is 18.2 Å². The van der Waals surface area contributed by atoms with Crippen molar-refractivity contribution in [2.24, 2.45) is 0 Å². The molecule has 2 aromatic carbocycles. The monoisotopic (exact) mass is 369 g/mol. The third kappa shape index (κ3) is 4.89. The highest BCUT2D eigenvalue weighted by Crippen LogP contribution is 2.27. The average Bonchev–Trinajstić information content (AvgIpc) is 2.53. The number of carbonyl (C=O) groups excluding carboxylic acids is 2. The second-order valence-electron chi connectivity index (χ2n) is 4.45. The Morgan fingerprint density at radius 3 is 2.61 bits per heavy atom. The van der Waals surface area contributed by atoms with Gasteiger partial charge in [-0.3, -0.25) is 4.79 Å². The number of nitrogens with one attached hydrogen (secondary N) is 1. The van der Waals surface area contributed by atoms with Gasteiger partial charge in [-0.1, -0.05) is 35.3 Å². The molecule has 0 aromatic heterocycles. The largest absolute Gasteiger partial charge is 0.465 e. The Morgan fingerprint density at radius 1 is 1.17 bits per heavy atom. The van der Waals surface area contributed by atoms with Crippen LogP contribution in [-0.4, -0.2) is 24.7 Å². The van der Waals surface area contributed by atoms with Gasteiger partial charge in [-0.25, -0.2) is 4.79 Å². The summed E-state index contributed by atoms with van der Waals surface area (Å²) in [5.41, 5.74) is 0.558. The molecule has 0 saturated carbocycles. The zero-order valence-electron chi connectivity index (χ0n) is 12.1. The summed E-state index contributed by atoms with van der Waals surface area (Å²) in [6.45, 7) is 0. The van der Waals surface area contributed by atoms with Crippen LogP contribution in [0.3, 0.4) is 0 Å². The van der Waals surface area contributed by atoms with Crippen LogP contribution in [0.4, 0.5) is 5.69 Å². The first kappa shape index (κ1) is 17.7. The molecule has 0 atom stereocenters. The van der Waals surface area contributed by atoms with Crippen LogP contribution in [0.2, 0.25) is 10.0 Å². The summed E-state index contributed by atoms with van der Waals surface area (Å²) in [5.74, 6) is -0.672. The van der Waals surface area contributed by atoms with Crippen LogP contribution < -0.4 is 5.32 Å². The number of rotatable bonds is 5. The maximum Gasteiger partial charge on any atom is 0.339 e. The highest BCUT2D eigenvalue weighted by molar-refractivity contribution is 8.00. The molecule has 120 valence electrons. The van der Waals surface area contributed by atoms with Crippen LogP contribution in [0.1, 0.15) is 10.4 Å². The van der Waals surface area contributed by atoms with E-state index in [1.54, 1.807) is 12.1 Å². The second-order valence-corrected chi connectivity index (χ2v) is 6.31. The van der Waals surface area contributed by atoms with Gasteiger partial charge in [-0.2, -0.15) is 0 Å². The Hall–Kier alpha value is -1.69. The van der Waals surface area contributed by atoms with Gasteiger partial charge in [0.05, 0.1) is 29.1 Å². The maximum absolute atomic E-state index is 12.1. The van der Waals surface area contributed by atoms with Gasteiger partial charge in [0.1, 0.15) is 0 Å². The molecular formula is C16H13Cl2NO3S. The van der Waals surface area contributed by atoms with Crippen LogP contribution in [0.25, 0.3) is 0 Å². The van der Waals surface area contributed by atoms with E-state index in [2.05, 4.69) is 10.1 Å². The van der Waals surface area contributed by atoms with Gasteiger partial charge in [-0.05, 0) is 30.3 Å². The fraction of sp³-hybridized carbons (Fsp3) is 0.125. The van der Waals surface area contributed by atoms with E-state index in [0.29, 0.717) is 15.7 Å². The first-order chi connectivity index (χ1) is 11.0. The topological polar surface area (TPSA) is 55.4 Å². The van der Waals surface area contributed by atoms with Gasteiger partial charge in [0.25, 0.3) is 0 Å². The maximum atomic E-state index is 12.1. The highest BCUT2D eigenvalue weighted by atomic mass is 35.5. The lowest BCUT2D eigenvalue weighted by atomic mass is 10.2. The first-order valence-electron chi connectivity index (χ1n) is 6.56. The van der Waals surface area contributed by atoms with Crippen LogP contribution in [0.5, 0.6) is 0 Å². The van der Waals surface area contributed by atoms with Crippen molar-refractivity contribution in [1.82, 2.24) is 0 Å². The lowest BCUT2D eigenvalue weighted by Gasteiger charge is -2.10. The van der Waals surface area contributed by atoms with Crippen molar-refractivity contribution in [3.05, 3.63) is 58.1 Å². The molecule has 0 heterocycles. The van der Waals surface area contributed by atoms with Crippen LogP contribution in [0, 0.1) is 0 Å². The van der Waals surface area contributed by atoms with Crippen molar-refractivity contribution in [3.8, 4) is 0 Å². The van der Waals surface area contributed by atoms with E-state index in [1.165, 1.54) is 31.0 Å². The minimum absolute atomic E-state index is 0.150. The van der Waals surface area contributed by atoms with E-state index in [4.69, 9.17) is 23.2 Å². The van der Waals surface area contributed by atoms with Crippen LogP contribution in [0.15, 0.2) is 47.4 Å². The van der Waals surface area contributed by atoms with Crippen molar-refractivity contribution in [3.63, 3.8) is 0 Å². The van der Waals surface area contributed by atoms with Crippen molar-refractivity contribution in [2.75, 3.05) is 18.2 Å². The zero-order chi connectivity index (χ0) is 16.8. The Bertz CT molecular complexity index is 737. The van der Waals surface area contributed by atoms with Crippen LogP contribution in [-0.2, 0) is 9.53 Å². The van der Waals surface area contributed by atoms with Gasteiger partial charge >= 0.3 is 5.97 Å². The fourth-order valence-corrected chi connectivity index (χ4v) is 3.01. The molecule has 7 heteroatoms. The summed E-state index contributed by atoms with van der Waals surface area (Å²) in [6, 6.07) is 11.8. The number of hydrogen-bond acceptors (Lipinski definition) is 4. The Labute approximate surface area is 148 Å². The summed E-state index contributed by atoms with van der Waals surface area (Å²) < 4.78 is 4.69. The third-order valence-corrected chi connectivity index (χ3v) is 4.61. The molecule has 0 aliphatic heterocycles. The minimum Gasteiger partial charge on any atom is -0.465 e. The molecule has 0 spiro atoms. The number of hydrogen-bond donors (Lipinski definition) is 1. The molecule has 0 saturated heterocycles. The molecule has 0 unspecified atom stereocenters. The Balaban J connectivity index is 2.07. The van der Waals surface area contributed by atoms with Gasteiger partial charge in [0.2, 0.25) is 5.91 Å². The number of ether oxygens (including phenoxy) is 1. The number of halogens is 2. The smallest absolute Gasteiger partial charge is 0.339 e. The van der Waals surface area contributed by atoms with Gasteiger partial charge in [-0.15, -0.1) is 11.8 Å². The summed E-state index contributed by atoms with van der Waals surface area (Å²) in [4.78, 5) is 24.6. The van der Waals surface area contributed by atoms with E-state index in [9.17, 15) is 9.59 Å². The number of amides is 1. The summed E-state index contributed by atoms with van der Waals surface area (Å²) in [5, 5.41) is 3.66. The molecule has 23 heavy (non-hydrogen) atoms. The lowest BCUT2D eigenvalue weighted by molar-refractivity contribution is -0.113. The van der Waals surface area contributed by atoms with Gasteiger partial charge in [0.15, 0.2) is 0 Å². The van der Waals surface area contributed by atoms with Crippen molar-refractivity contribution in [1.29, 1.82) is 0 Å². The molecule has 0 bridgehead atoms. The number of methoxy groups -OCH3 is 1. The quantitative estimate of drug-likeness (QED) is 0.622. The molecule has 0 aliphatic carbocycles. The molecule has 0 fully saturated rings. The molecular weight excluding hydrogens is 357 g/mol. The number of carbonyl (C=O) groups is 2. The number of benzene rings is 2. The third-order valence-electron chi connectivity index (χ3n) is 2.86. The van der Waals surface area contributed by atoms with Gasteiger partial charge in [0, 0.05) is 9.92 Å². The molecule has 2 rings (SSSR count). The number of thioether (sulfide) groups is 1. The molecule has 1 N–H and O–H groups in total. The normalized spacial score (nSPS) is 10.2. The number of esters is 1. The lowest BCUT2D eigenvalue weighted by Crippen LogP contribution is -2.17. The Morgan fingerprint density at radius 2 is 1.91 bits per heavy atom. The standard InChI is InChI=1S/C16H13Cl2NO3S/c1-22-16(21)11-7-6-10(17)8-13(11)19-15(20)9-23-14-5-3-2-4-12(14)18/h2-8H,9H2,1H3,(H,19,20). The molecule has 0 aliphatic rings. The van der Waals surface area contributed by atoms with Crippen molar-refractivity contribution >= 4 is 52.5 Å². The zero-order valence-corrected chi connectivity index (χ0v) is 14.5. The second kappa shape index (κ2) is 8.24.